The lowest BCUT2D eigenvalue weighted by Gasteiger charge is -2.40. The number of likely N-dealkylation sites (tertiary alicyclic amines) is 1. The summed E-state index contributed by atoms with van der Waals surface area (Å²) in [6.07, 6.45) is 6.00. The fourth-order valence-electron chi connectivity index (χ4n) is 4.57. The van der Waals surface area contributed by atoms with Crippen LogP contribution in [0.25, 0.3) is 0 Å². The van der Waals surface area contributed by atoms with Crippen LogP contribution in [0.4, 0.5) is 0 Å². The number of ether oxygens (including phenoxy) is 1. The van der Waals surface area contributed by atoms with Gasteiger partial charge in [-0.25, -0.2) is 0 Å². The van der Waals surface area contributed by atoms with E-state index in [1.807, 2.05) is 38.1 Å². The van der Waals surface area contributed by atoms with Crippen molar-refractivity contribution < 1.29 is 14.6 Å². The first-order chi connectivity index (χ1) is 11.9. The van der Waals surface area contributed by atoms with Gasteiger partial charge in [0.05, 0.1) is 18.6 Å². The van der Waals surface area contributed by atoms with Crippen molar-refractivity contribution in [1.29, 1.82) is 0 Å². The van der Waals surface area contributed by atoms with E-state index in [4.69, 9.17) is 4.74 Å². The summed E-state index contributed by atoms with van der Waals surface area (Å²) in [6, 6.07) is 7.99. The van der Waals surface area contributed by atoms with Crippen LogP contribution in [0.15, 0.2) is 24.3 Å². The number of benzene rings is 1. The van der Waals surface area contributed by atoms with Crippen LogP contribution in [0.3, 0.4) is 0 Å². The third kappa shape index (κ3) is 3.55. The molecule has 1 aliphatic carbocycles. The van der Waals surface area contributed by atoms with Crippen molar-refractivity contribution in [2.75, 3.05) is 13.7 Å². The van der Waals surface area contributed by atoms with Gasteiger partial charge in [0.1, 0.15) is 5.75 Å². The molecule has 1 aliphatic heterocycles. The first kappa shape index (κ1) is 18.2. The van der Waals surface area contributed by atoms with E-state index in [0.29, 0.717) is 0 Å². The predicted octanol–water partition coefficient (Wildman–Crippen LogP) is 3.51. The zero-order valence-corrected chi connectivity index (χ0v) is 15.7. The van der Waals surface area contributed by atoms with Crippen molar-refractivity contribution in [3.8, 4) is 5.75 Å². The van der Waals surface area contributed by atoms with Gasteiger partial charge in [-0.2, -0.15) is 0 Å². The first-order valence-electron chi connectivity index (χ1n) is 9.59. The van der Waals surface area contributed by atoms with Gasteiger partial charge in [-0.1, -0.05) is 25.0 Å². The van der Waals surface area contributed by atoms with Crippen molar-refractivity contribution in [1.82, 2.24) is 4.90 Å². The highest BCUT2D eigenvalue weighted by Crippen LogP contribution is 2.37. The second-order valence-electron chi connectivity index (χ2n) is 8.08. The third-order valence-electron chi connectivity index (χ3n) is 6.18. The van der Waals surface area contributed by atoms with E-state index in [1.165, 1.54) is 6.42 Å². The molecule has 0 unspecified atom stereocenters. The summed E-state index contributed by atoms with van der Waals surface area (Å²) >= 11 is 0. The maximum absolute atomic E-state index is 13.4. The fourth-order valence-corrected chi connectivity index (χ4v) is 4.57. The normalized spacial score (nSPS) is 27.4. The second kappa shape index (κ2) is 7.36. The van der Waals surface area contributed by atoms with Gasteiger partial charge < -0.3 is 14.7 Å². The summed E-state index contributed by atoms with van der Waals surface area (Å²) in [5, 5.41) is 10.5. The van der Waals surface area contributed by atoms with Gasteiger partial charge in [-0.15, -0.1) is 0 Å². The number of rotatable bonds is 4. The number of hydrogen-bond donors (Lipinski definition) is 1. The molecule has 1 heterocycles. The standard InChI is InChI=1S/C21H31NO3/c1-21(2,15-10-12-16(25-3)13-11-15)20(24)22-14-6-8-18(22)17-7-4-5-9-19(17)23/h10-13,17-19,23H,4-9,14H2,1-3H3/t17-,18-,19-/m1/s1. The largest absolute Gasteiger partial charge is 0.497 e. The van der Waals surface area contributed by atoms with E-state index >= 15 is 0 Å². The number of nitrogens with zero attached hydrogens (tertiary/aromatic N) is 1. The van der Waals surface area contributed by atoms with Gasteiger partial charge in [0.15, 0.2) is 0 Å². The molecule has 0 radical (unpaired) electrons. The Morgan fingerprint density at radius 1 is 1.12 bits per heavy atom. The first-order valence-corrected chi connectivity index (χ1v) is 9.59. The monoisotopic (exact) mass is 345 g/mol. The van der Waals surface area contributed by atoms with Crippen LogP contribution in [0, 0.1) is 5.92 Å². The van der Waals surface area contributed by atoms with Crippen LogP contribution < -0.4 is 4.74 Å². The molecule has 1 saturated heterocycles. The van der Waals surface area contributed by atoms with Crippen molar-refractivity contribution in [2.45, 2.75) is 69.9 Å². The molecule has 2 fully saturated rings. The Labute approximate surface area is 151 Å². The van der Waals surface area contributed by atoms with Gasteiger partial charge in [-0.05, 0) is 57.2 Å². The molecule has 1 aromatic rings. The smallest absolute Gasteiger partial charge is 0.232 e. The van der Waals surface area contributed by atoms with Crippen LogP contribution in [-0.4, -0.2) is 41.7 Å². The molecule has 1 aromatic carbocycles. The van der Waals surface area contributed by atoms with Crippen LogP contribution in [0.1, 0.15) is 57.9 Å². The van der Waals surface area contributed by atoms with E-state index in [2.05, 4.69) is 4.90 Å². The quantitative estimate of drug-likeness (QED) is 0.908. The molecule has 25 heavy (non-hydrogen) atoms. The zero-order chi connectivity index (χ0) is 18.0. The minimum atomic E-state index is -0.575. The summed E-state index contributed by atoms with van der Waals surface area (Å²) < 4.78 is 5.23. The Morgan fingerprint density at radius 2 is 1.80 bits per heavy atom. The van der Waals surface area contributed by atoms with Crippen molar-refractivity contribution in [3.05, 3.63) is 29.8 Å². The van der Waals surface area contributed by atoms with E-state index < -0.39 is 5.41 Å². The number of aliphatic hydroxyl groups is 1. The molecular weight excluding hydrogens is 314 g/mol. The summed E-state index contributed by atoms with van der Waals surface area (Å²) in [6.45, 7) is 4.82. The molecule has 0 spiro atoms. The molecule has 4 heteroatoms. The lowest BCUT2D eigenvalue weighted by atomic mass is 9.79. The SMILES string of the molecule is COc1ccc(C(C)(C)C(=O)N2CCC[C@@H]2[C@H]2CCCC[C@H]2O)cc1. The fraction of sp³-hybridized carbons (Fsp3) is 0.667. The van der Waals surface area contributed by atoms with E-state index in [1.54, 1.807) is 7.11 Å². The minimum absolute atomic E-state index is 0.179. The average molecular weight is 345 g/mol. The molecule has 0 bridgehead atoms. The molecule has 3 rings (SSSR count). The minimum Gasteiger partial charge on any atom is -0.497 e. The highest BCUT2D eigenvalue weighted by Gasteiger charge is 2.43. The maximum atomic E-state index is 13.4. The summed E-state index contributed by atoms with van der Waals surface area (Å²) in [5.74, 6) is 1.22. The second-order valence-corrected chi connectivity index (χ2v) is 8.08. The average Bonchev–Trinajstić information content (AvgIpc) is 3.10. The molecule has 1 saturated carbocycles. The van der Waals surface area contributed by atoms with Crippen molar-refractivity contribution >= 4 is 5.91 Å². The van der Waals surface area contributed by atoms with Crippen LogP contribution in [0.2, 0.25) is 0 Å². The highest BCUT2D eigenvalue weighted by molar-refractivity contribution is 5.88. The van der Waals surface area contributed by atoms with E-state index in [-0.39, 0.29) is 24.0 Å². The van der Waals surface area contributed by atoms with Gasteiger partial charge in [0.2, 0.25) is 5.91 Å². The maximum Gasteiger partial charge on any atom is 0.232 e. The van der Waals surface area contributed by atoms with Crippen LogP contribution in [0.5, 0.6) is 5.75 Å². The van der Waals surface area contributed by atoms with E-state index in [0.717, 1.165) is 50.0 Å². The van der Waals surface area contributed by atoms with Crippen LogP contribution in [-0.2, 0) is 10.2 Å². The van der Waals surface area contributed by atoms with Gasteiger partial charge >= 0.3 is 0 Å². The number of carbonyl (C=O) groups excluding carboxylic acids is 1. The van der Waals surface area contributed by atoms with Gasteiger partial charge in [0, 0.05) is 18.5 Å². The summed E-state index contributed by atoms with van der Waals surface area (Å²) in [7, 11) is 1.65. The number of methoxy groups -OCH3 is 1. The van der Waals surface area contributed by atoms with E-state index in [9.17, 15) is 9.90 Å². The molecule has 3 atom stereocenters. The Balaban J connectivity index is 1.79. The van der Waals surface area contributed by atoms with Crippen molar-refractivity contribution in [2.24, 2.45) is 5.92 Å². The van der Waals surface area contributed by atoms with Gasteiger partial charge in [-0.3, -0.25) is 4.79 Å². The molecule has 4 nitrogen and oxygen atoms in total. The predicted molar refractivity (Wildman–Crippen MR) is 98.7 cm³/mol. The number of amides is 1. The molecular formula is C21H31NO3. The Hall–Kier alpha value is -1.55. The van der Waals surface area contributed by atoms with Crippen LogP contribution >= 0.6 is 0 Å². The topological polar surface area (TPSA) is 49.8 Å². The lowest BCUT2D eigenvalue weighted by Crippen LogP contribution is -2.50. The number of aliphatic hydroxyl groups excluding tert-OH is 1. The molecule has 2 aliphatic rings. The van der Waals surface area contributed by atoms with Gasteiger partial charge in [0.25, 0.3) is 0 Å². The molecule has 1 N–H and O–H groups in total. The molecule has 1 amide bonds. The van der Waals surface area contributed by atoms with Crippen molar-refractivity contribution in [3.63, 3.8) is 0 Å². The Bertz CT molecular complexity index is 596. The lowest BCUT2D eigenvalue weighted by molar-refractivity contribution is -0.139. The molecule has 138 valence electrons. The third-order valence-corrected chi connectivity index (χ3v) is 6.18. The zero-order valence-electron chi connectivity index (χ0n) is 15.7. The number of hydrogen-bond acceptors (Lipinski definition) is 3. The summed E-state index contributed by atoms with van der Waals surface area (Å²) in [4.78, 5) is 15.5. The summed E-state index contributed by atoms with van der Waals surface area (Å²) in [5.41, 5.74) is 0.433. The number of carbonyl (C=O) groups is 1. The Morgan fingerprint density at radius 3 is 2.44 bits per heavy atom. The molecule has 0 aromatic heterocycles. The highest BCUT2D eigenvalue weighted by atomic mass is 16.5. The Kier molecular flexibility index (Phi) is 5.38.